The average Bonchev–Trinajstić information content (AvgIpc) is 2.91. The third-order valence-electron chi connectivity index (χ3n) is 5.23. The standard InChI is InChI=1S/C23H15Cl4NO3/c24-14-6-8-20-17(9-14)23(31,11-21(29)16-7-5-15(25)10-19(16)27)22(30)28(20)12-13-3-1-2-4-18(13)26/h1-10,31H,11-12H2/t23-/m1/s1. The van der Waals surface area contributed by atoms with Gasteiger partial charge in [-0.2, -0.15) is 0 Å². The highest BCUT2D eigenvalue weighted by Gasteiger charge is 2.51. The van der Waals surface area contributed by atoms with E-state index < -0.39 is 23.7 Å². The Morgan fingerprint density at radius 3 is 2.29 bits per heavy atom. The molecule has 0 bridgehead atoms. The van der Waals surface area contributed by atoms with Crippen molar-refractivity contribution in [3.63, 3.8) is 0 Å². The van der Waals surface area contributed by atoms with Crippen molar-refractivity contribution in [3.05, 3.63) is 97.4 Å². The summed E-state index contributed by atoms with van der Waals surface area (Å²) >= 11 is 24.5. The molecule has 158 valence electrons. The lowest BCUT2D eigenvalue weighted by molar-refractivity contribution is -0.136. The molecule has 1 aliphatic heterocycles. The molecule has 0 fully saturated rings. The molecular weight excluding hydrogens is 480 g/mol. The van der Waals surface area contributed by atoms with Gasteiger partial charge in [0.05, 0.1) is 23.7 Å². The van der Waals surface area contributed by atoms with E-state index in [1.807, 2.05) is 6.07 Å². The highest BCUT2D eigenvalue weighted by atomic mass is 35.5. The number of nitrogens with zero attached hydrogens (tertiary/aromatic N) is 1. The van der Waals surface area contributed by atoms with E-state index >= 15 is 0 Å². The number of ketones is 1. The maximum atomic E-state index is 13.4. The molecule has 0 saturated heterocycles. The minimum Gasteiger partial charge on any atom is -0.375 e. The van der Waals surface area contributed by atoms with Crippen molar-refractivity contribution in [2.24, 2.45) is 0 Å². The first-order chi connectivity index (χ1) is 14.7. The number of rotatable bonds is 5. The van der Waals surface area contributed by atoms with E-state index in [0.29, 0.717) is 26.3 Å². The van der Waals surface area contributed by atoms with Gasteiger partial charge in [-0.25, -0.2) is 0 Å². The topological polar surface area (TPSA) is 57.6 Å². The normalized spacial score (nSPS) is 17.7. The van der Waals surface area contributed by atoms with Gasteiger partial charge in [-0.05, 0) is 48.0 Å². The minimum atomic E-state index is -2.10. The molecule has 1 aliphatic rings. The highest BCUT2D eigenvalue weighted by Crippen LogP contribution is 2.45. The second kappa shape index (κ2) is 8.45. The molecule has 1 amide bonds. The molecule has 1 N–H and O–H groups in total. The molecule has 0 unspecified atom stereocenters. The Morgan fingerprint density at radius 1 is 0.903 bits per heavy atom. The quantitative estimate of drug-likeness (QED) is 0.423. The fraction of sp³-hybridized carbons (Fsp3) is 0.130. The predicted molar refractivity (Wildman–Crippen MR) is 123 cm³/mol. The number of carbonyl (C=O) groups is 2. The van der Waals surface area contributed by atoms with Crippen LogP contribution in [0.3, 0.4) is 0 Å². The third kappa shape index (κ3) is 4.07. The van der Waals surface area contributed by atoms with E-state index in [4.69, 9.17) is 46.4 Å². The van der Waals surface area contributed by atoms with Crippen molar-refractivity contribution in [1.29, 1.82) is 0 Å². The monoisotopic (exact) mass is 493 g/mol. The summed E-state index contributed by atoms with van der Waals surface area (Å²) in [6.07, 6.45) is -0.500. The largest absolute Gasteiger partial charge is 0.375 e. The lowest BCUT2D eigenvalue weighted by Gasteiger charge is -2.23. The summed E-state index contributed by atoms with van der Waals surface area (Å²) in [6.45, 7) is 0.130. The second-order valence-corrected chi connectivity index (χ2v) is 8.92. The van der Waals surface area contributed by atoms with E-state index in [1.165, 1.54) is 29.2 Å². The molecule has 0 radical (unpaired) electrons. The third-order valence-corrected chi connectivity index (χ3v) is 6.38. The van der Waals surface area contributed by atoms with Crippen molar-refractivity contribution in [2.45, 2.75) is 18.6 Å². The molecule has 0 aromatic heterocycles. The molecule has 31 heavy (non-hydrogen) atoms. The van der Waals surface area contributed by atoms with Crippen LogP contribution in [-0.2, 0) is 16.9 Å². The molecule has 4 rings (SSSR count). The number of hydrogen-bond acceptors (Lipinski definition) is 3. The summed E-state index contributed by atoms with van der Waals surface area (Å²) in [5.41, 5.74) is -0.501. The van der Waals surface area contributed by atoms with Crippen LogP contribution in [0.1, 0.15) is 27.9 Å². The van der Waals surface area contributed by atoms with Gasteiger partial charge in [0.2, 0.25) is 0 Å². The van der Waals surface area contributed by atoms with E-state index in [1.54, 1.807) is 30.3 Å². The molecule has 0 saturated carbocycles. The zero-order valence-corrected chi connectivity index (χ0v) is 18.9. The zero-order valence-electron chi connectivity index (χ0n) is 15.9. The Balaban J connectivity index is 1.73. The number of carbonyl (C=O) groups excluding carboxylic acids is 2. The Morgan fingerprint density at radius 2 is 1.58 bits per heavy atom. The van der Waals surface area contributed by atoms with Crippen LogP contribution < -0.4 is 4.90 Å². The maximum absolute atomic E-state index is 13.4. The predicted octanol–water partition coefficient (Wildman–Crippen LogP) is 6.31. The lowest BCUT2D eigenvalue weighted by atomic mass is 9.88. The smallest absolute Gasteiger partial charge is 0.264 e. The number of hydrogen-bond donors (Lipinski definition) is 1. The van der Waals surface area contributed by atoms with Gasteiger partial charge >= 0.3 is 0 Å². The summed E-state index contributed by atoms with van der Waals surface area (Å²) < 4.78 is 0. The van der Waals surface area contributed by atoms with Crippen LogP contribution in [0.25, 0.3) is 0 Å². The first-order valence-electron chi connectivity index (χ1n) is 9.27. The zero-order chi connectivity index (χ0) is 22.3. The van der Waals surface area contributed by atoms with Gasteiger partial charge in [0.25, 0.3) is 5.91 Å². The molecule has 3 aromatic rings. The molecule has 0 aliphatic carbocycles. The molecule has 1 atom stereocenters. The molecule has 1 heterocycles. The first-order valence-corrected chi connectivity index (χ1v) is 10.8. The Hall–Kier alpha value is -2.08. The Bertz CT molecular complexity index is 1210. The van der Waals surface area contributed by atoms with Crippen molar-refractivity contribution >= 4 is 63.8 Å². The number of anilines is 1. The number of benzene rings is 3. The highest BCUT2D eigenvalue weighted by molar-refractivity contribution is 6.37. The average molecular weight is 495 g/mol. The van der Waals surface area contributed by atoms with E-state index in [2.05, 4.69) is 0 Å². The Labute approximate surface area is 198 Å². The first kappa shape index (κ1) is 22.1. The van der Waals surface area contributed by atoms with Gasteiger partial charge in [-0.3, -0.25) is 9.59 Å². The minimum absolute atomic E-state index is 0.130. The number of Topliss-reactive ketones (excluding diaryl/α,β-unsaturated/α-hetero) is 1. The van der Waals surface area contributed by atoms with Gasteiger partial charge in [-0.1, -0.05) is 64.6 Å². The number of amides is 1. The molecule has 8 heteroatoms. The van der Waals surface area contributed by atoms with E-state index in [9.17, 15) is 14.7 Å². The van der Waals surface area contributed by atoms with Crippen molar-refractivity contribution in [1.82, 2.24) is 0 Å². The van der Waals surface area contributed by atoms with Gasteiger partial charge < -0.3 is 10.0 Å². The maximum Gasteiger partial charge on any atom is 0.264 e. The van der Waals surface area contributed by atoms with Gasteiger partial charge in [-0.15, -0.1) is 0 Å². The van der Waals surface area contributed by atoms with Crippen molar-refractivity contribution < 1.29 is 14.7 Å². The summed E-state index contributed by atoms with van der Waals surface area (Å²) in [6, 6.07) is 16.3. The molecule has 0 spiro atoms. The van der Waals surface area contributed by atoms with Crippen molar-refractivity contribution in [3.8, 4) is 0 Å². The van der Waals surface area contributed by atoms with Gasteiger partial charge in [0.15, 0.2) is 11.4 Å². The molecule has 4 nitrogen and oxygen atoms in total. The van der Waals surface area contributed by atoms with Crippen LogP contribution in [0, 0.1) is 0 Å². The summed E-state index contributed by atoms with van der Waals surface area (Å²) in [4.78, 5) is 27.8. The number of halogens is 4. The summed E-state index contributed by atoms with van der Waals surface area (Å²) in [7, 11) is 0. The van der Waals surface area contributed by atoms with E-state index in [-0.39, 0.29) is 22.7 Å². The fourth-order valence-electron chi connectivity index (χ4n) is 3.69. The molecule has 3 aromatic carbocycles. The van der Waals surface area contributed by atoms with Crippen LogP contribution in [0.4, 0.5) is 5.69 Å². The van der Waals surface area contributed by atoms with Crippen LogP contribution in [0.5, 0.6) is 0 Å². The van der Waals surface area contributed by atoms with Gasteiger partial charge in [0, 0.05) is 26.2 Å². The van der Waals surface area contributed by atoms with Crippen LogP contribution in [0.15, 0.2) is 60.7 Å². The van der Waals surface area contributed by atoms with E-state index in [0.717, 1.165) is 0 Å². The SMILES string of the molecule is O=C(C[C@]1(O)C(=O)N(Cc2ccccc2Cl)c2ccc(Cl)cc21)c1ccc(Cl)cc1Cl. The number of aliphatic hydroxyl groups is 1. The van der Waals surface area contributed by atoms with Crippen molar-refractivity contribution in [2.75, 3.05) is 4.90 Å². The van der Waals surface area contributed by atoms with Crippen LogP contribution in [0.2, 0.25) is 20.1 Å². The fourth-order valence-corrected chi connectivity index (χ4v) is 4.57. The lowest BCUT2D eigenvalue weighted by Crippen LogP contribution is -2.41. The summed E-state index contributed by atoms with van der Waals surface area (Å²) in [5.74, 6) is -1.13. The van der Waals surface area contributed by atoms with Gasteiger partial charge in [0.1, 0.15) is 0 Å². The molecular formula is C23H15Cl4NO3. The Kier molecular flexibility index (Phi) is 6.03. The van der Waals surface area contributed by atoms with Crippen LogP contribution >= 0.6 is 46.4 Å². The summed E-state index contributed by atoms with van der Waals surface area (Å²) in [5, 5.41) is 12.8. The second-order valence-electron chi connectivity index (χ2n) is 7.23. The van der Waals surface area contributed by atoms with Crippen LogP contribution in [-0.4, -0.2) is 16.8 Å². The number of fused-ring (bicyclic) bond motifs is 1.